The highest BCUT2D eigenvalue weighted by Gasteiger charge is 2.48. The van der Waals surface area contributed by atoms with Crippen molar-refractivity contribution in [2.24, 2.45) is 0 Å². The van der Waals surface area contributed by atoms with Crippen molar-refractivity contribution in [2.75, 3.05) is 23.3 Å². The third-order valence-corrected chi connectivity index (χ3v) is 5.53. The first kappa shape index (κ1) is 14.5. The molecule has 1 fully saturated rings. The number of hydrogen-bond acceptors (Lipinski definition) is 3. The number of aryl methyl sites for hydroxylation is 1. The largest absolute Gasteiger partial charge is 0.371 e. The molecule has 2 aromatic rings. The fraction of sp³-hybridized carbons (Fsp3) is 0.333. The van der Waals surface area contributed by atoms with Gasteiger partial charge in [-0.15, -0.1) is 0 Å². The van der Waals surface area contributed by atoms with Crippen LogP contribution in [0.4, 0.5) is 11.5 Å². The second-order valence-corrected chi connectivity index (χ2v) is 6.76. The number of rotatable bonds is 1. The summed E-state index contributed by atoms with van der Waals surface area (Å²) >= 11 is 6.24. The van der Waals surface area contributed by atoms with E-state index in [-0.39, 0.29) is 5.91 Å². The Morgan fingerprint density at radius 1 is 1.26 bits per heavy atom. The summed E-state index contributed by atoms with van der Waals surface area (Å²) in [5, 5.41) is 3.73. The van der Waals surface area contributed by atoms with Crippen LogP contribution in [0, 0.1) is 6.92 Å². The zero-order valence-electron chi connectivity index (χ0n) is 13.0. The minimum absolute atomic E-state index is 0.0905. The Hall–Kier alpha value is -2.07. The van der Waals surface area contributed by atoms with Crippen LogP contribution in [0.2, 0.25) is 5.02 Å². The second kappa shape index (κ2) is 5.24. The Balaban J connectivity index is 1.59. The van der Waals surface area contributed by atoms with Gasteiger partial charge in [-0.25, -0.2) is 4.98 Å². The highest BCUT2D eigenvalue weighted by Crippen LogP contribution is 2.44. The summed E-state index contributed by atoms with van der Waals surface area (Å²) in [5.41, 5.74) is 2.83. The summed E-state index contributed by atoms with van der Waals surface area (Å²) in [5.74, 6) is 0.817. The highest BCUT2D eigenvalue weighted by molar-refractivity contribution is 6.31. The lowest BCUT2D eigenvalue weighted by Gasteiger charge is -2.39. The Morgan fingerprint density at radius 3 is 2.78 bits per heavy atom. The molecule has 0 atom stereocenters. The van der Waals surface area contributed by atoms with Crippen LogP contribution in [0.5, 0.6) is 0 Å². The second-order valence-electron chi connectivity index (χ2n) is 6.36. The third-order valence-electron chi connectivity index (χ3n) is 5.13. The van der Waals surface area contributed by atoms with Crippen molar-refractivity contribution in [1.82, 2.24) is 4.98 Å². The van der Waals surface area contributed by atoms with Gasteiger partial charge in [0, 0.05) is 35.6 Å². The molecule has 1 aromatic carbocycles. The number of fused-ring (bicyclic) bond motifs is 2. The number of halogens is 1. The molecule has 4 rings (SSSR count). The first-order valence-electron chi connectivity index (χ1n) is 7.88. The summed E-state index contributed by atoms with van der Waals surface area (Å²) in [4.78, 5) is 19.2. The van der Waals surface area contributed by atoms with Gasteiger partial charge in [-0.2, -0.15) is 0 Å². The van der Waals surface area contributed by atoms with Crippen LogP contribution < -0.4 is 10.2 Å². The maximum Gasteiger partial charge on any atom is 0.236 e. The van der Waals surface area contributed by atoms with E-state index < -0.39 is 5.41 Å². The zero-order valence-corrected chi connectivity index (χ0v) is 13.7. The maximum absolute atomic E-state index is 12.6. The van der Waals surface area contributed by atoms with E-state index in [0.717, 1.165) is 53.6 Å². The number of amides is 1. The lowest BCUT2D eigenvalue weighted by atomic mass is 9.74. The zero-order chi connectivity index (χ0) is 16.0. The molecule has 0 aliphatic carbocycles. The fourth-order valence-corrected chi connectivity index (χ4v) is 3.84. The monoisotopic (exact) mass is 327 g/mol. The minimum Gasteiger partial charge on any atom is -0.371 e. The van der Waals surface area contributed by atoms with Gasteiger partial charge >= 0.3 is 0 Å². The van der Waals surface area contributed by atoms with Crippen molar-refractivity contribution in [3.05, 3.63) is 52.7 Å². The molecule has 0 bridgehead atoms. The minimum atomic E-state index is -0.422. The van der Waals surface area contributed by atoms with E-state index in [0.29, 0.717) is 0 Å². The summed E-state index contributed by atoms with van der Waals surface area (Å²) in [7, 11) is 0. The molecule has 5 heteroatoms. The number of carbonyl (C=O) groups is 1. The van der Waals surface area contributed by atoms with Crippen molar-refractivity contribution in [1.29, 1.82) is 0 Å². The lowest BCUT2D eigenvalue weighted by molar-refractivity contribution is -0.121. The topological polar surface area (TPSA) is 45.2 Å². The fourth-order valence-electron chi connectivity index (χ4n) is 3.66. The van der Waals surface area contributed by atoms with Gasteiger partial charge in [0.25, 0.3) is 0 Å². The van der Waals surface area contributed by atoms with Gasteiger partial charge in [0.15, 0.2) is 0 Å². The summed E-state index contributed by atoms with van der Waals surface area (Å²) in [6, 6.07) is 10.1. The lowest BCUT2D eigenvalue weighted by Crippen LogP contribution is -2.46. The smallest absolute Gasteiger partial charge is 0.236 e. The van der Waals surface area contributed by atoms with Crippen LogP contribution in [0.3, 0.4) is 0 Å². The molecular formula is C18H18ClN3O. The normalized spacial score (nSPS) is 18.9. The SMILES string of the molecule is Cc1ccc(N2CCC3(CC2)C(=O)Nc2ncccc23)cc1Cl. The molecule has 0 radical (unpaired) electrons. The number of piperidine rings is 1. The predicted octanol–water partition coefficient (Wildman–Crippen LogP) is 3.53. The number of benzene rings is 1. The first-order valence-corrected chi connectivity index (χ1v) is 8.26. The Morgan fingerprint density at radius 2 is 2.04 bits per heavy atom. The van der Waals surface area contributed by atoms with E-state index in [4.69, 9.17) is 11.6 Å². The number of aromatic nitrogens is 1. The van der Waals surface area contributed by atoms with Gasteiger partial charge < -0.3 is 10.2 Å². The molecule has 1 aromatic heterocycles. The Labute approximate surface area is 140 Å². The number of pyridine rings is 1. The van der Waals surface area contributed by atoms with Crippen molar-refractivity contribution in [3.63, 3.8) is 0 Å². The summed E-state index contributed by atoms with van der Waals surface area (Å²) in [6.07, 6.45) is 3.31. The van der Waals surface area contributed by atoms with Gasteiger partial charge in [-0.3, -0.25) is 4.79 Å². The number of nitrogens with zero attached hydrogens (tertiary/aromatic N) is 2. The van der Waals surface area contributed by atoms with E-state index >= 15 is 0 Å². The van der Waals surface area contributed by atoms with Crippen LogP contribution >= 0.6 is 11.6 Å². The van der Waals surface area contributed by atoms with E-state index in [1.807, 2.05) is 31.2 Å². The quantitative estimate of drug-likeness (QED) is 0.871. The van der Waals surface area contributed by atoms with Gasteiger partial charge in [-0.05, 0) is 43.5 Å². The molecule has 2 aliphatic heterocycles. The molecule has 0 saturated carbocycles. The van der Waals surface area contributed by atoms with E-state index in [2.05, 4.69) is 21.3 Å². The van der Waals surface area contributed by atoms with Crippen LogP contribution in [0.25, 0.3) is 0 Å². The Kier molecular flexibility index (Phi) is 3.31. The van der Waals surface area contributed by atoms with E-state index in [1.54, 1.807) is 6.20 Å². The van der Waals surface area contributed by atoms with Crippen molar-refractivity contribution < 1.29 is 4.79 Å². The molecular weight excluding hydrogens is 310 g/mol. The molecule has 0 unspecified atom stereocenters. The first-order chi connectivity index (χ1) is 11.1. The average molecular weight is 328 g/mol. The summed E-state index contributed by atoms with van der Waals surface area (Å²) in [6.45, 7) is 3.67. The maximum atomic E-state index is 12.6. The van der Waals surface area contributed by atoms with Crippen LogP contribution in [-0.2, 0) is 10.2 Å². The van der Waals surface area contributed by atoms with Gasteiger partial charge in [0.2, 0.25) is 5.91 Å². The van der Waals surface area contributed by atoms with Crippen LogP contribution in [-0.4, -0.2) is 24.0 Å². The number of carbonyl (C=O) groups excluding carboxylic acids is 1. The molecule has 3 heterocycles. The molecule has 4 nitrogen and oxygen atoms in total. The molecule has 1 saturated heterocycles. The number of hydrogen-bond donors (Lipinski definition) is 1. The molecule has 2 aliphatic rings. The van der Waals surface area contributed by atoms with Crippen molar-refractivity contribution >= 4 is 29.0 Å². The number of nitrogens with one attached hydrogen (secondary N) is 1. The number of anilines is 2. The van der Waals surface area contributed by atoms with Gasteiger partial charge in [-0.1, -0.05) is 23.7 Å². The molecule has 118 valence electrons. The Bertz CT molecular complexity index is 782. The van der Waals surface area contributed by atoms with E-state index in [1.165, 1.54) is 0 Å². The predicted molar refractivity (Wildman–Crippen MR) is 92.2 cm³/mol. The molecule has 1 N–H and O–H groups in total. The molecule has 1 amide bonds. The van der Waals surface area contributed by atoms with Crippen molar-refractivity contribution in [2.45, 2.75) is 25.2 Å². The summed E-state index contributed by atoms with van der Waals surface area (Å²) < 4.78 is 0. The van der Waals surface area contributed by atoms with Gasteiger partial charge in [0.05, 0.1) is 5.41 Å². The van der Waals surface area contributed by atoms with Crippen LogP contribution in [0.15, 0.2) is 36.5 Å². The molecule has 1 spiro atoms. The third kappa shape index (κ3) is 2.20. The van der Waals surface area contributed by atoms with E-state index in [9.17, 15) is 4.79 Å². The van der Waals surface area contributed by atoms with Crippen LogP contribution in [0.1, 0.15) is 24.0 Å². The van der Waals surface area contributed by atoms with Gasteiger partial charge in [0.1, 0.15) is 5.82 Å². The molecule has 23 heavy (non-hydrogen) atoms. The van der Waals surface area contributed by atoms with Crippen molar-refractivity contribution in [3.8, 4) is 0 Å². The standard InChI is InChI=1S/C18H18ClN3O/c1-12-4-5-13(11-15(12)19)22-9-6-18(7-10-22)14-3-2-8-20-16(14)21-17(18)23/h2-5,8,11H,6-7,9-10H2,1H3,(H,20,21,23). The highest BCUT2D eigenvalue weighted by atomic mass is 35.5. The average Bonchev–Trinajstić information content (AvgIpc) is 2.83.